The molecule has 4 aromatic rings. The molecular formula is C22H20N6OS. The van der Waals surface area contributed by atoms with Gasteiger partial charge in [0.1, 0.15) is 11.4 Å². The Kier molecular flexibility index (Phi) is 4.76. The fourth-order valence-electron chi connectivity index (χ4n) is 3.39. The van der Waals surface area contributed by atoms with E-state index in [0.717, 1.165) is 46.9 Å². The van der Waals surface area contributed by atoms with Gasteiger partial charge in [0, 0.05) is 23.2 Å². The molecular weight excluding hydrogens is 396 g/mol. The molecule has 0 amide bonds. The van der Waals surface area contributed by atoms with Crippen molar-refractivity contribution in [2.45, 2.75) is 18.8 Å². The number of nitrogens with zero attached hydrogens (tertiary/aromatic N) is 5. The van der Waals surface area contributed by atoms with Gasteiger partial charge in [-0.1, -0.05) is 30.3 Å². The highest BCUT2D eigenvalue weighted by atomic mass is 32.1. The predicted molar refractivity (Wildman–Crippen MR) is 118 cm³/mol. The minimum absolute atomic E-state index is 0.427. The van der Waals surface area contributed by atoms with Crippen molar-refractivity contribution in [3.63, 3.8) is 0 Å². The molecule has 0 bridgehead atoms. The van der Waals surface area contributed by atoms with Crippen LogP contribution in [0.3, 0.4) is 0 Å². The predicted octanol–water partition coefficient (Wildman–Crippen LogP) is 4.56. The van der Waals surface area contributed by atoms with Crippen molar-refractivity contribution < 1.29 is 4.74 Å². The van der Waals surface area contributed by atoms with Gasteiger partial charge in [-0.2, -0.15) is 20.0 Å². The lowest BCUT2D eigenvalue weighted by Crippen LogP contribution is -1.98. The van der Waals surface area contributed by atoms with Crippen LogP contribution in [0.5, 0.6) is 5.75 Å². The highest BCUT2D eigenvalue weighted by molar-refractivity contribution is 7.71. The van der Waals surface area contributed by atoms with Crippen LogP contribution >= 0.6 is 12.2 Å². The van der Waals surface area contributed by atoms with Gasteiger partial charge in [0.2, 0.25) is 4.77 Å². The lowest BCUT2D eigenvalue weighted by molar-refractivity contribution is 0.416. The molecule has 1 fully saturated rings. The molecule has 0 atom stereocenters. The van der Waals surface area contributed by atoms with Crippen LogP contribution in [-0.4, -0.2) is 38.0 Å². The van der Waals surface area contributed by atoms with E-state index in [2.05, 4.69) is 15.3 Å². The number of benzene rings is 2. The van der Waals surface area contributed by atoms with Crippen molar-refractivity contribution >= 4 is 18.4 Å². The Labute approximate surface area is 178 Å². The summed E-state index contributed by atoms with van der Waals surface area (Å²) in [5, 5.41) is 16.7. The second-order valence-electron chi connectivity index (χ2n) is 7.13. The van der Waals surface area contributed by atoms with E-state index in [9.17, 15) is 0 Å². The van der Waals surface area contributed by atoms with E-state index in [4.69, 9.17) is 22.1 Å². The zero-order valence-corrected chi connectivity index (χ0v) is 17.2. The number of para-hydroxylation sites is 2. The third kappa shape index (κ3) is 3.46. The van der Waals surface area contributed by atoms with Crippen LogP contribution in [0.4, 0.5) is 0 Å². The highest BCUT2D eigenvalue weighted by Gasteiger charge is 2.29. The van der Waals surface area contributed by atoms with E-state index >= 15 is 0 Å². The Morgan fingerprint density at radius 1 is 1.13 bits per heavy atom. The quantitative estimate of drug-likeness (QED) is 0.369. The Bertz CT molecular complexity index is 1270. The fraction of sp³-hybridized carbons (Fsp3) is 0.182. The summed E-state index contributed by atoms with van der Waals surface area (Å²) in [6, 6.07) is 17.8. The summed E-state index contributed by atoms with van der Waals surface area (Å²) in [6.07, 6.45) is 5.98. The van der Waals surface area contributed by atoms with E-state index < -0.39 is 0 Å². The SMILES string of the molecule is COc1ccccc1-c1nn(-c2ccccc2)cc1/C=N\n1c(C2CC2)n[nH]c1=S. The van der Waals surface area contributed by atoms with Crippen molar-refractivity contribution in [1.82, 2.24) is 24.7 Å². The number of hydrogen-bond donors (Lipinski definition) is 1. The smallest absolute Gasteiger partial charge is 0.216 e. The second kappa shape index (κ2) is 7.72. The zero-order valence-electron chi connectivity index (χ0n) is 16.4. The van der Waals surface area contributed by atoms with Gasteiger partial charge in [0.15, 0.2) is 5.82 Å². The Balaban J connectivity index is 1.62. The molecule has 1 saturated carbocycles. The summed E-state index contributed by atoms with van der Waals surface area (Å²) in [4.78, 5) is 0. The maximum atomic E-state index is 5.57. The van der Waals surface area contributed by atoms with E-state index in [1.807, 2.05) is 65.5 Å². The number of nitrogens with one attached hydrogen (secondary N) is 1. The van der Waals surface area contributed by atoms with Crippen molar-refractivity contribution in [3.8, 4) is 22.7 Å². The van der Waals surface area contributed by atoms with E-state index in [0.29, 0.717) is 10.7 Å². The van der Waals surface area contributed by atoms with Crippen molar-refractivity contribution in [2.75, 3.05) is 7.11 Å². The van der Waals surface area contributed by atoms with Gasteiger partial charge in [0.25, 0.3) is 0 Å². The zero-order chi connectivity index (χ0) is 20.5. The topological polar surface area (TPSA) is 73.0 Å². The van der Waals surface area contributed by atoms with Crippen LogP contribution in [0.15, 0.2) is 65.9 Å². The number of methoxy groups -OCH3 is 1. The van der Waals surface area contributed by atoms with Gasteiger partial charge in [-0.15, -0.1) is 0 Å². The van der Waals surface area contributed by atoms with E-state index in [-0.39, 0.29) is 0 Å². The second-order valence-corrected chi connectivity index (χ2v) is 7.52. The molecule has 0 aliphatic heterocycles. The number of hydrogen-bond acceptors (Lipinski definition) is 5. The molecule has 8 heteroatoms. The first-order chi connectivity index (χ1) is 14.7. The molecule has 1 aliphatic rings. The molecule has 7 nitrogen and oxygen atoms in total. The molecule has 150 valence electrons. The standard InChI is InChI=1S/C22H20N6OS/c1-29-19-10-6-5-9-18(19)20-16(14-27(26-20)17-7-3-2-4-8-17)13-23-28-21(15-11-12-15)24-25-22(28)30/h2-10,13-15H,11-12H2,1H3,(H,25,30)/b23-13-. The third-order valence-electron chi connectivity index (χ3n) is 5.06. The van der Waals surface area contributed by atoms with Crippen LogP contribution in [0.2, 0.25) is 0 Å². The molecule has 0 unspecified atom stereocenters. The van der Waals surface area contributed by atoms with E-state index in [1.165, 1.54) is 0 Å². The molecule has 30 heavy (non-hydrogen) atoms. The first-order valence-electron chi connectivity index (χ1n) is 9.75. The molecule has 5 rings (SSSR count). The minimum Gasteiger partial charge on any atom is -0.496 e. The van der Waals surface area contributed by atoms with E-state index in [1.54, 1.807) is 18.0 Å². The maximum Gasteiger partial charge on any atom is 0.216 e. The first kappa shape index (κ1) is 18.5. The molecule has 1 N–H and O–H groups in total. The average molecular weight is 417 g/mol. The van der Waals surface area contributed by atoms with Crippen LogP contribution in [0.1, 0.15) is 30.1 Å². The van der Waals surface area contributed by atoms with Crippen molar-refractivity contribution in [2.24, 2.45) is 5.10 Å². The van der Waals surface area contributed by atoms with Crippen molar-refractivity contribution in [3.05, 3.63) is 77.0 Å². The summed E-state index contributed by atoms with van der Waals surface area (Å²) in [7, 11) is 1.66. The highest BCUT2D eigenvalue weighted by Crippen LogP contribution is 2.39. The van der Waals surface area contributed by atoms with Crippen molar-refractivity contribution in [1.29, 1.82) is 0 Å². The van der Waals surface area contributed by atoms with Gasteiger partial charge >= 0.3 is 0 Å². The third-order valence-corrected chi connectivity index (χ3v) is 5.32. The molecule has 2 aromatic carbocycles. The molecule has 0 radical (unpaired) electrons. The number of rotatable bonds is 6. The lowest BCUT2D eigenvalue weighted by Gasteiger charge is -2.06. The fourth-order valence-corrected chi connectivity index (χ4v) is 3.57. The minimum atomic E-state index is 0.427. The summed E-state index contributed by atoms with van der Waals surface area (Å²) >= 11 is 5.37. The summed E-state index contributed by atoms with van der Waals surface area (Å²) in [6.45, 7) is 0. The van der Waals surface area contributed by atoms with Gasteiger partial charge in [-0.25, -0.2) is 4.68 Å². The number of aromatic amines is 1. The Morgan fingerprint density at radius 3 is 2.67 bits per heavy atom. The molecule has 0 spiro atoms. The molecule has 2 heterocycles. The number of ether oxygens (including phenoxy) is 1. The molecule has 2 aromatic heterocycles. The summed E-state index contributed by atoms with van der Waals surface area (Å²) in [5.74, 6) is 2.06. The lowest BCUT2D eigenvalue weighted by atomic mass is 10.1. The summed E-state index contributed by atoms with van der Waals surface area (Å²) in [5.41, 5.74) is 3.50. The van der Waals surface area contributed by atoms with Gasteiger partial charge in [0.05, 0.1) is 19.0 Å². The van der Waals surface area contributed by atoms with Gasteiger partial charge < -0.3 is 4.74 Å². The molecule has 0 saturated heterocycles. The van der Waals surface area contributed by atoms with Crippen LogP contribution in [0.25, 0.3) is 16.9 Å². The Hall–Kier alpha value is -3.52. The largest absolute Gasteiger partial charge is 0.496 e. The Morgan fingerprint density at radius 2 is 1.90 bits per heavy atom. The summed E-state index contributed by atoms with van der Waals surface area (Å²) < 4.78 is 9.61. The van der Waals surface area contributed by atoms with Crippen LogP contribution < -0.4 is 4.74 Å². The van der Waals surface area contributed by atoms with Crippen LogP contribution in [0, 0.1) is 4.77 Å². The monoisotopic (exact) mass is 416 g/mol. The van der Waals surface area contributed by atoms with Gasteiger partial charge in [-0.05, 0) is 49.3 Å². The maximum absolute atomic E-state index is 5.57. The average Bonchev–Trinajstić information content (AvgIpc) is 3.44. The number of H-pyrrole nitrogens is 1. The van der Waals surface area contributed by atoms with Gasteiger partial charge in [-0.3, -0.25) is 5.10 Å². The molecule has 1 aliphatic carbocycles. The number of aromatic nitrogens is 5. The normalized spacial score (nSPS) is 13.8. The first-order valence-corrected chi connectivity index (χ1v) is 10.2. The van der Waals surface area contributed by atoms with Crippen LogP contribution in [-0.2, 0) is 0 Å².